The van der Waals surface area contributed by atoms with E-state index in [4.69, 9.17) is 31.1 Å². The van der Waals surface area contributed by atoms with Crippen LogP contribution >= 0.6 is 7.82 Å². The number of carboxylic acids is 1. The predicted molar refractivity (Wildman–Crippen MR) is 122 cm³/mol. The van der Waals surface area contributed by atoms with Gasteiger partial charge in [0.25, 0.3) is 5.56 Å². The number of nitrogens with zero attached hydrogens (tertiary/aromatic N) is 3. The molecule has 4 rings (SSSR count). The number of carbonyl (C=O) groups is 1. The number of aromatic nitrogens is 4. The van der Waals surface area contributed by atoms with Gasteiger partial charge in [0.15, 0.2) is 17.4 Å². The average molecular weight is 528 g/mol. The Bertz CT molecular complexity index is 1290. The van der Waals surface area contributed by atoms with Crippen LogP contribution in [0.2, 0.25) is 0 Å². The number of hydrogen-bond acceptors (Lipinski definition) is 11. The number of hydrogen-bond donors (Lipinski definition) is 8. The van der Waals surface area contributed by atoms with Gasteiger partial charge in [-0.2, -0.15) is 4.98 Å². The number of rotatable bonds is 7. The van der Waals surface area contributed by atoms with Gasteiger partial charge in [0.1, 0.15) is 24.4 Å². The van der Waals surface area contributed by atoms with Crippen LogP contribution in [-0.4, -0.2) is 81.6 Å². The summed E-state index contributed by atoms with van der Waals surface area (Å²) >= 11 is 0. The van der Waals surface area contributed by atoms with Crippen molar-refractivity contribution in [1.82, 2.24) is 19.5 Å². The Balaban J connectivity index is 0.000000253. The quantitative estimate of drug-likeness (QED) is 0.155. The molecule has 1 aliphatic rings. The van der Waals surface area contributed by atoms with Crippen LogP contribution in [0.3, 0.4) is 0 Å². The predicted octanol–water partition coefficient (Wildman–Crippen LogP) is -1.93. The van der Waals surface area contributed by atoms with E-state index in [1.165, 1.54) is 10.9 Å². The van der Waals surface area contributed by atoms with Gasteiger partial charge in [0.05, 0.1) is 12.9 Å². The van der Waals surface area contributed by atoms with E-state index in [2.05, 4.69) is 19.5 Å². The van der Waals surface area contributed by atoms with Crippen molar-refractivity contribution in [1.29, 1.82) is 0 Å². The lowest BCUT2D eigenvalue weighted by molar-refractivity contribution is -0.138. The number of aliphatic carboxylic acids is 1. The molecule has 2 aromatic heterocycles. The number of nitrogens with two attached hydrogens (primary N) is 2. The van der Waals surface area contributed by atoms with E-state index in [1.54, 1.807) is 0 Å². The van der Waals surface area contributed by atoms with Gasteiger partial charge < -0.3 is 41.3 Å². The highest BCUT2D eigenvalue weighted by molar-refractivity contribution is 7.46. The van der Waals surface area contributed by atoms with E-state index in [0.29, 0.717) is 6.42 Å². The second-order valence-corrected chi connectivity index (χ2v) is 8.98. The van der Waals surface area contributed by atoms with Crippen molar-refractivity contribution in [2.24, 2.45) is 5.73 Å². The molecular weight excluding hydrogens is 503 g/mol. The molecule has 1 aromatic carbocycles. The summed E-state index contributed by atoms with van der Waals surface area (Å²) in [5.41, 5.74) is 11.1. The molecule has 0 spiro atoms. The maximum Gasteiger partial charge on any atom is 0.469 e. The zero-order valence-corrected chi connectivity index (χ0v) is 19.4. The number of ether oxygens (including phenoxy) is 1. The molecule has 17 heteroatoms. The molecule has 0 radical (unpaired) electrons. The first kappa shape index (κ1) is 27.4. The van der Waals surface area contributed by atoms with Crippen molar-refractivity contribution in [2.75, 3.05) is 12.3 Å². The van der Waals surface area contributed by atoms with E-state index >= 15 is 0 Å². The molecular formula is C19H25N6O10P. The van der Waals surface area contributed by atoms with Gasteiger partial charge in [0, 0.05) is 0 Å². The molecule has 1 saturated heterocycles. The third-order valence-electron chi connectivity index (χ3n) is 5.08. The number of phosphoric ester groups is 1. The lowest BCUT2D eigenvalue weighted by atomic mass is 10.1. The summed E-state index contributed by atoms with van der Waals surface area (Å²) in [5.74, 6) is -1.14. The van der Waals surface area contributed by atoms with Crippen LogP contribution in [0, 0.1) is 0 Å². The average Bonchev–Trinajstić information content (AvgIpc) is 3.34. The van der Waals surface area contributed by atoms with E-state index in [0.717, 1.165) is 5.56 Å². The van der Waals surface area contributed by atoms with Crippen LogP contribution in [-0.2, 0) is 25.0 Å². The zero-order chi connectivity index (χ0) is 26.6. The number of fused-ring (bicyclic) bond motifs is 1. The third-order valence-corrected chi connectivity index (χ3v) is 5.57. The van der Waals surface area contributed by atoms with Crippen LogP contribution in [0.25, 0.3) is 11.2 Å². The zero-order valence-electron chi connectivity index (χ0n) is 18.5. The maximum atomic E-state index is 11.7. The summed E-state index contributed by atoms with van der Waals surface area (Å²) in [6.07, 6.45) is -3.83. The fourth-order valence-electron chi connectivity index (χ4n) is 3.35. The molecule has 3 heterocycles. The summed E-state index contributed by atoms with van der Waals surface area (Å²) in [6, 6.07) is 8.54. The van der Waals surface area contributed by atoms with Crippen molar-refractivity contribution in [3.8, 4) is 0 Å². The summed E-state index contributed by atoms with van der Waals surface area (Å²) in [5, 5.41) is 28.6. The molecule has 16 nitrogen and oxygen atoms in total. The summed E-state index contributed by atoms with van der Waals surface area (Å²) < 4.78 is 21.6. The first-order chi connectivity index (χ1) is 16.9. The highest BCUT2D eigenvalue weighted by Crippen LogP contribution is 2.38. The number of carboxylic acid groups (broad SMARTS) is 1. The largest absolute Gasteiger partial charge is 0.480 e. The molecule has 0 aliphatic carbocycles. The first-order valence-corrected chi connectivity index (χ1v) is 11.9. The lowest BCUT2D eigenvalue weighted by Crippen LogP contribution is -2.33. The van der Waals surface area contributed by atoms with E-state index < -0.39 is 56.5 Å². The lowest BCUT2D eigenvalue weighted by Gasteiger charge is -2.16. The van der Waals surface area contributed by atoms with Crippen LogP contribution in [0.5, 0.6) is 0 Å². The minimum Gasteiger partial charge on any atom is -0.480 e. The standard InChI is InChI=1S/C10H14N5O8P.C9H11NO2/c11-10-13-7-4(8(18)14-10)12-2-15(7)9-6(17)5(16)3(23-9)1-22-24(19,20)21;10-8(9(11)12)6-7-4-2-1-3-5-7/h2-3,5-6,9,16-17H,1H2,(H2,19,20,21)(H3,11,13,14,18);1-5,8H,6,10H2,(H,11,12)/t3-,5-,6-,9-;/m1./s1. The van der Waals surface area contributed by atoms with Gasteiger partial charge in [0.2, 0.25) is 5.95 Å². The molecule has 1 fully saturated rings. The molecule has 10 N–H and O–H groups in total. The number of imidazole rings is 1. The number of aliphatic hydroxyl groups excluding tert-OH is 2. The first-order valence-electron chi connectivity index (χ1n) is 10.3. The van der Waals surface area contributed by atoms with Gasteiger partial charge in [-0.3, -0.25) is 23.7 Å². The summed E-state index contributed by atoms with van der Waals surface area (Å²) in [6.45, 7) is -0.651. The van der Waals surface area contributed by atoms with Crippen molar-refractivity contribution in [3.63, 3.8) is 0 Å². The third kappa shape index (κ3) is 6.71. The van der Waals surface area contributed by atoms with E-state index in [1.807, 2.05) is 30.3 Å². The molecule has 0 bridgehead atoms. The minimum absolute atomic E-state index is 0.0176. The van der Waals surface area contributed by atoms with Gasteiger partial charge in [-0.25, -0.2) is 9.55 Å². The molecule has 0 saturated carbocycles. The fourth-order valence-corrected chi connectivity index (χ4v) is 3.69. The molecule has 1 unspecified atom stereocenters. The van der Waals surface area contributed by atoms with Crippen molar-refractivity contribution < 1.29 is 43.7 Å². The fraction of sp³-hybridized carbons (Fsp3) is 0.368. The second kappa shape index (κ2) is 11.2. The Hall–Kier alpha value is -3.21. The Morgan fingerprint density at radius 3 is 2.53 bits per heavy atom. The summed E-state index contributed by atoms with van der Waals surface area (Å²) in [7, 11) is -4.76. The van der Waals surface area contributed by atoms with E-state index in [-0.39, 0.29) is 17.1 Å². The van der Waals surface area contributed by atoms with Crippen LogP contribution in [0.15, 0.2) is 41.5 Å². The number of phosphoric acid groups is 1. The number of aromatic amines is 1. The Morgan fingerprint density at radius 2 is 1.92 bits per heavy atom. The maximum absolute atomic E-state index is 11.7. The Morgan fingerprint density at radius 1 is 1.25 bits per heavy atom. The van der Waals surface area contributed by atoms with Gasteiger partial charge >= 0.3 is 13.8 Å². The highest BCUT2D eigenvalue weighted by Gasteiger charge is 2.45. The smallest absolute Gasteiger partial charge is 0.469 e. The molecule has 36 heavy (non-hydrogen) atoms. The van der Waals surface area contributed by atoms with E-state index in [9.17, 15) is 24.4 Å². The normalized spacial score (nSPS) is 22.7. The molecule has 1 aliphatic heterocycles. The molecule has 196 valence electrons. The number of nitrogen functional groups attached to an aromatic ring is 1. The number of nitrogens with one attached hydrogen (secondary N) is 1. The number of benzene rings is 1. The monoisotopic (exact) mass is 528 g/mol. The molecule has 5 atom stereocenters. The van der Waals surface area contributed by atoms with Crippen molar-refractivity contribution >= 4 is 30.9 Å². The Labute approximate surface area is 202 Å². The Kier molecular flexibility index (Phi) is 8.55. The summed E-state index contributed by atoms with van der Waals surface area (Å²) in [4.78, 5) is 49.5. The van der Waals surface area contributed by atoms with Gasteiger partial charge in [-0.1, -0.05) is 30.3 Å². The molecule has 0 amide bonds. The number of H-pyrrole nitrogens is 1. The second-order valence-electron chi connectivity index (χ2n) is 7.74. The highest BCUT2D eigenvalue weighted by atomic mass is 31.2. The minimum atomic E-state index is -4.76. The van der Waals surface area contributed by atoms with Crippen molar-refractivity contribution in [3.05, 3.63) is 52.6 Å². The number of aliphatic hydroxyl groups is 2. The van der Waals surface area contributed by atoms with Crippen molar-refractivity contribution in [2.45, 2.75) is 37.0 Å². The topological polar surface area (TPSA) is 269 Å². The van der Waals surface area contributed by atoms with Crippen LogP contribution in [0.4, 0.5) is 5.95 Å². The molecule has 3 aromatic rings. The van der Waals surface area contributed by atoms with Gasteiger partial charge in [-0.05, 0) is 12.0 Å². The van der Waals surface area contributed by atoms with Crippen LogP contribution in [0.1, 0.15) is 11.8 Å². The number of anilines is 1. The SMILES string of the molecule is NC(Cc1ccccc1)C(=O)O.Nc1nc2c(ncn2[C@@H]2O[C@H](COP(=O)(O)O)[C@@H](O)[C@H]2O)c(=O)[nH]1. The van der Waals surface area contributed by atoms with Crippen LogP contribution < -0.4 is 17.0 Å². The van der Waals surface area contributed by atoms with Gasteiger partial charge in [-0.15, -0.1) is 0 Å².